The molecule has 0 unspecified atom stereocenters. The van der Waals surface area contributed by atoms with Crippen molar-refractivity contribution in [2.75, 3.05) is 0 Å². The van der Waals surface area contributed by atoms with Crippen LogP contribution in [-0.2, 0) is 21.2 Å². The molecule has 0 amide bonds. The molecule has 0 aromatic carbocycles. The summed E-state index contributed by atoms with van der Waals surface area (Å²) < 4.78 is 34.4. The van der Waals surface area contributed by atoms with Gasteiger partial charge in [0.25, 0.3) is 0 Å². The van der Waals surface area contributed by atoms with E-state index < -0.39 is 13.6 Å². The Bertz CT molecular complexity index is 92.9. The van der Waals surface area contributed by atoms with Gasteiger partial charge in [-0.2, -0.15) is 0 Å². The zero-order valence-electron chi connectivity index (χ0n) is 4.04. The molecule has 0 rings (SSSR count). The van der Waals surface area contributed by atoms with E-state index in [2.05, 4.69) is 0 Å². The van der Waals surface area contributed by atoms with Crippen LogP contribution in [0.25, 0.3) is 0 Å². The van der Waals surface area contributed by atoms with Gasteiger partial charge in [0.1, 0.15) is 0 Å². The molecule has 0 aliphatic heterocycles. The van der Waals surface area contributed by atoms with E-state index in [1.54, 1.807) is 0 Å². The van der Waals surface area contributed by atoms with Gasteiger partial charge in [0.15, 0.2) is 0 Å². The minimum atomic E-state index is -5.75. The number of hydrogen-bond acceptors (Lipinski definition) is 4. The van der Waals surface area contributed by atoms with E-state index >= 15 is 0 Å². The molecule has 0 aromatic rings. The Hall–Kier alpha value is -0.0275. The van der Waals surface area contributed by atoms with Gasteiger partial charge in [-0.1, -0.05) is 0 Å². The summed E-state index contributed by atoms with van der Waals surface area (Å²) in [5, 5.41) is 0. The van der Waals surface area contributed by atoms with Crippen molar-refractivity contribution in [3.05, 3.63) is 0 Å². The third kappa shape index (κ3) is 124000. The van der Waals surface area contributed by atoms with Crippen LogP contribution in [0.5, 0.6) is 0 Å². The zero-order chi connectivity index (χ0) is 4.50. The monoisotopic (exact) mass is 152 g/mol. The fourth-order valence-corrected chi connectivity index (χ4v) is 0. The first-order valence-electron chi connectivity index (χ1n) is 0.667. The Balaban J connectivity index is -0.0000000800. The van der Waals surface area contributed by atoms with E-state index in [9.17, 15) is 0 Å². The van der Waals surface area contributed by atoms with Crippen LogP contribution in [-0.4, -0.2) is 0 Å². The maximum absolute atomic E-state index is 8.59. The first kappa shape index (κ1) is 15.8. The molecule has 0 radical (unpaired) electrons. The van der Waals surface area contributed by atoms with Crippen molar-refractivity contribution in [3.8, 4) is 0 Å². The summed E-state index contributed by atoms with van der Waals surface area (Å²) in [7, 11) is 0. The summed E-state index contributed by atoms with van der Waals surface area (Å²) in [6.07, 6.45) is 0. The Kier molecular flexibility index (Phi) is 9.32. The Morgan fingerprint density at radius 2 is 1.00 bits per heavy atom. The molecule has 6 nitrogen and oxygen atoms in total. The minimum absolute atomic E-state index is 0. The van der Waals surface area contributed by atoms with Gasteiger partial charge in [-0.15, -0.1) is 0 Å². The molecular weight excluding hydrogens is 144 g/mol. The molecule has 7 heavy (non-hydrogen) atoms. The van der Waals surface area contributed by atoms with Crippen molar-refractivity contribution in [3.63, 3.8) is 0 Å². The van der Waals surface area contributed by atoms with E-state index in [1.807, 2.05) is 0 Å². The van der Waals surface area contributed by atoms with Gasteiger partial charge in [0, 0.05) is 0 Å². The normalized spacial score (nSPS) is 8.29. The van der Waals surface area contributed by atoms with Crippen LogP contribution in [0.2, 0.25) is 0 Å². The van der Waals surface area contributed by atoms with Crippen molar-refractivity contribution >= 4 is 0 Å². The number of hydrogen-bond donors (Lipinski definition) is 2. The molecule has 48 valence electrons. The standard InChI is InChI=1S/Cr.2H3N.4O/h;2*1H3;;;;/q;;;;;2*-1/p+2. The first-order valence-corrected chi connectivity index (χ1v) is 2.75. The molecule has 0 aromatic heterocycles. The second-order valence-corrected chi connectivity index (χ2v) is 1.68. The first-order chi connectivity index (χ1) is 2.00. The predicted molar refractivity (Wildman–Crippen MR) is 13.3 cm³/mol. The van der Waals surface area contributed by atoms with Crippen LogP contribution >= 0.6 is 0 Å². The van der Waals surface area contributed by atoms with Crippen LogP contribution in [0.3, 0.4) is 0 Å². The van der Waals surface area contributed by atoms with E-state index in [0.29, 0.717) is 0 Å². The Morgan fingerprint density at radius 3 is 1.00 bits per heavy atom. The van der Waals surface area contributed by atoms with Gasteiger partial charge in [-0.3, -0.25) is 0 Å². The molecule has 0 saturated carbocycles. The van der Waals surface area contributed by atoms with Gasteiger partial charge >= 0.3 is 29.5 Å². The van der Waals surface area contributed by atoms with E-state index in [0.717, 1.165) is 0 Å². The molecule has 0 aliphatic carbocycles. The van der Waals surface area contributed by atoms with Crippen molar-refractivity contribution in [2.24, 2.45) is 0 Å². The quantitative estimate of drug-likeness (QED) is 0.417. The fraction of sp³-hybridized carbons (Fsp3) is 0. The molecule has 0 heterocycles. The van der Waals surface area contributed by atoms with Gasteiger partial charge in [0.2, 0.25) is 0 Å². The zero-order valence-corrected chi connectivity index (χ0v) is 5.32. The Labute approximate surface area is 42.7 Å². The summed E-state index contributed by atoms with van der Waals surface area (Å²) in [5.41, 5.74) is 0. The molecular formula is H8CrN2O4. The van der Waals surface area contributed by atoms with Crippen LogP contribution in [0, 0.1) is 0 Å². The Morgan fingerprint density at radius 1 is 1.00 bits per heavy atom. The summed E-state index contributed by atoms with van der Waals surface area (Å²) in [6.45, 7) is 0. The summed E-state index contributed by atoms with van der Waals surface area (Å²) in [4.78, 5) is 0. The van der Waals surface area contributed by atoms with Gasteiger partial charge in [0.05, 0.1) is 0 Å². The van der Waals surface area contributed by atoms with Gasteiger partial charge in [-0.05, 0) is 0 Å². The van der Waals surface area contributed by atoms with E-state index in [-0.39, 0.29) is 12.3 Å². The molecule has 0 atom stereocenters. The molecule has 8 N–H and O–H groups in total. The van der Waals surface area contributed by atoms with Gasteiger partial charge in [-0.25, -0.2) is 0 Å². The second kappa shape index (κ2) is 4.14. The second-order valence-electron chi connectivity index (χ2n) is 0.408. The predicted octanol–water partition coefficient (Wildman–Crippen LogP) is -1.87. The maximum atomic E-state index is 8.59. The third-order valence-corrected chi connectivity index (χ3v) is 0. The summed E-state index contributed by atoms with van der Waals surface area (Å²) in [6, 6.07) is 0. The molecule has 0 aliphatic rings. The van der Waals surface area contributed by atoms with E-state index in [4.69, 9.17) is 15.9 Å². The van der Waals surface area contributed by atoms with Crippen LogP contribution in [0.1, 0.15) is 0 Å². The average molecular weight is 152 g/mol. The van der Waals surface area contributed by atoms with Crippen LogP contribution in [0.4, 0.5) is 0 Å². The molecule has 0 saturated heterocycles. The number of quaternary nitrogens is 2. The van der Waals surface area contributed by atoms with E-state index in [1.165, 1.54) is 0 Å². The summed E-state index contributed by atoms with van der Waals surface area (Å²) >= 11 is -5.75. The third-order valence-electron chi connectivity index (χ3n) is 0. The van der Waals surface area contributed by atoms with Crippen LogP contribution in [0.15, 0.2) is 0 Å². The molecule has 0 bridgehead atoms. The molecule has 0 fully saturated rings. The molecule has 0 spiro atoms. The van der Waals surface area contributed by atoms with Gasteiger partial charge < -0.3 is 12.3 Å². The van der Waals surface area contributed by atoms with Crippen molar-refractivity contribution in [1.29, 1.82) is 0 Å². The fourth-order valence-electron chi connectivity index (χ4n) is 0. The summed E-state index contributed by atoms with van der Waals surface area (Å²) in [5.74, 6) is 0. The number of rotatable bonds is 0. The SMILES string of the molecule is [NH4+].[NH4+].[O]=[Cr](=[O])([O-])[O-]. The molecule has 7 heteroatoms. The average Bonchev–Trinajstić information content (AvgIpc) is 0.722. The topological polar surface area (TPSA) is 153 Å². The van der Waals surface area contributed by atoms with Crippen LogP contribution < -0.4 is 20.6 Å². The van der Waals surface area contributed by atoms with Crippen molar-refractivity contribution < 1.29 is 29.5 Å². The van der Waals surface area contributed by atoms with Crippen molar-refractivity contribution in [2.45, 2.75) is 0 Å². The van der Waals surface area contributed by atoms with Crippen molar-refractivity contribution in [1.82, 2.24) is 12.3 Å².